The van der Waals surface area contributed by atoms with Crippen LogP contribution in [0.4, 0.5) is 0 Å². The van der Waals surface area contributed by atoms with Gasteiger partial charge in [0, 0.05) is 10.2 Å². The van der Waals surface area contributed by atoms with Crippen LogP contribution >= 0.6 is 0 Å². The molecule has 0 aliphatic heterocycles. The molecule has 0 aliphatic rings. The van der Waals surface area contributed by atoms with Gasteiger partial charge in [0.1, 0.15) is 5.75 Å². The number of carbonyl (C=O) groups is 1. The Morgan fingerprint density at radius 3 is 2.22 bits per heavy atom. The number of esters is 1. The molecule has 0 saturated carbocycles. The average molecular weight is 253 g/mol. The molecule has 0 bridgehead atoms. The number of benzene rings is 2. The Hall–Kier alpha value is -1.87. The SMILES string of the molecule is Cc1ccc(C(=O)Oc2ccc(C[Si])cc2)cc1. The fourth-order valence-corrected chi connectivity index (χ4v) is 1.77. The van der Waals surface area contributed by atoms with Crippen molar-refractivity contribution >= 4 is 16.2 Å². The number of ether oxygens (including phenoxy) is 1. The predicted octanol–water partition coefficient (Wildman–Crippen LogP) is 2.88. The van der Waals surface area contributed by atoms with Crippen LogP contribution in [0, 0.1) is 6.92 Å². The van der Waals surface area contributed by atoms with Crippen molar-refractivity contribution in [3.8, 4) is 5.75 Å². The van der Waals surface area contributed by atoms with Crippen LogP contribution in [-0.4, -0.2) is 16.2 Å². The van der Waals surface area contributed by atoms with E-state index in [1.165, 1.54) is 0 Å². The van der Waals surface area contributed by atoms with Gasteiger partial charge < -0.3 is 4.74 Å². The lowest BCUT2D eigenvalue weighted by atomic mass is 10.1. The number of hydrogen-bond donors (Lipinski definition) is 0. The summed E-state index contributed by atoms with van der Waals surface area (Å²) in [7, 11) is 3.42. The van der Waals surface area contributed by atoms with E-state index in [1.54, 1.807) is 24.3 Å². The lowest BCUT2D eigenvalue weighted by Gasteiger charge is -2.05. The van der Waals surface area contributed by atoms with Crippen molar-refractivity contribution in [3.05, 3.63) is 65.2 Å². The molecule has 89 valence electrons. The Balaban J connectivity index is 2.08. The molecule has 0 saturated heterocycles. The van der Waals surface area contributed by atoms with Crippen molar-refractivity contribution in [1.82, 2.24) is 0 Å². The van der Waals surface area contributed by atoms with Crippen molar-refractivity contribution < 1.29 is 9.53 Å². The summed E-state index contributed by atoms with van der Waals surface area (Å²) in [6.45, 7) is 1.98. The van der Waals surface area contributed by atoms with E-state index in [0.29, 0.717) is 11.3 Å². The van der Waals surface area contributed by atoms with E-state index in [9.17, 15) is 4.79 Å². The van der Waals surface area contributed by atoms with Crippen LogP contribution < -0.4 is 4.74 Å². The summed E-state index contributed by atoms with van der Waals surface area (Å²) < 4.78 is 5.28. The van der Waals surface area contributed by atoms with E-state index in [4.69, 9.17) is 4.74 Å². The highest BCUT2D eigenvalue weighted by atomic mass is 28.1. The van der Waals surface area contributed by atoms with Gasteiger partial charge in [0.25, 0.3) is 0 Å². The molecule has 0 amide bonds. The largest absolute Gasteiger partial charge is 0.423 e. The van der Waals surface area contributed by atoms with Gasteiger partial charge in [-0.2, -0.15) is 0 Å². The summed E-state index contributed by atoms with van der Waals surface area (Å²) in [5, 5.41) is 0. The van der Waals surface area contributed by atoms with E-state index in [0.717, 1.165) is 17.2 Å². The minimum Gasteiger partial charge on any atom is -0.423 e. The van der Waals surface area contributed by atoms with Gasteiger partial charge in [-0.1, -0.05) is 35.4 Å². The molecular weight excluding hydrogens is 240 g/mol. The van der Waals surface area contributed by atoms with Crippen LogP contribution in [0.1, 0.15) is 21.5 Å². The molecule has 2 aromatic rings. The lowest BCUT2D eigenvalue weighted by Crippen LogP contribution is -2.08. The third-order valence-electron chi connectivity index (χ3n) is 2.63. The average Bonchev–Trinajstić information content (AvgIpc) is 2.40. The summed E-state index contributed by atoms with van der Waals surface area (Å²) in [6, 6.07) is 15.5. The molecule has 3 heteroatoms. The quantitative estimate of drug-likeness (QED) is 0.477. The van der Waals surface area contributed by atoms with Crippen LogP contribution in [0.5, 0.6) is 5.75 Å². The van der Waals surface area contributed by atoms with Crippen molar-refractivity contribution in [2.75, 3.05) is 0 Å². The highest BCUT2D eigenvalue weighted by molar-refractivity contribution is 6.08. The monoisotopic (exact) mass is 253 g/mol. The van der Waals surface area contributed by atoms with Gasteiger partial charge in [0.2, 0.25) is 0 Å². The first-order valence-electron chi connectivity index (χ1n) is 5.71. The van der Waals surface area contributed by atoms with E-state index in [1.807, 2.05) is 31.2 Å². The fraction of sp³-hybridized carbons (Fsp3) is 0.133. The summed E-state index contributed by atoms with van der Waals surface area (Å²) in [4.78, 5) is 11.8. The Kier molecular flexibility index (Phi) is 3.94. The molecule has 0 unspecified atom stereocenters. The summed E-state index contributed by atoms with van der Waals surface area (Å²) >= 11 is 0. The van der Waals surface area contributed by atoms with Crippen LogP contribution in [0.15, 0.2) is 48.5 Å². The lowest BCUT2D eigenvalue weighted by molar-refractivity contribution is 0.0735. The van der Waals surface area contributed by atoms with E-state index in [-0.39, 0.29) is 5.97 Å². The first-order chi connectivity index (χ1) is 8.69. The molecule has 2 aromatic carbocycles. The van der Waals surface area contributed by atoms with Gasteiger partial charge >= 0.3 is 5.97 Å². The highest BCUT2D eigenvalue weighted by Gasteiger charge is 2.07. The topological polar surface area (TPSA) is 26.3 Å². The van der Waals surface area contributed by atoms with Crippen LogP contribution in [-0.2, 0) is 6.04 Å². The molecule has 0 aliphatic carbocycles. The zero-order valence-corrected chi connectivity index (χ0v) is 11.1. The van der Waals surface area contributed by atoms with Crippen molar-refractivity contribution in [2.24, 2.45) is 0 Å². The second-order valence-electron chi connectivity index (χ2n) is 4.08. The number of aryl methyl sites for hydroxylation is 1. The molecule has 0 aromatic heterocycles. The zero-order valence-electron chi connectivity index (χ0n) is 10.1. The van der Waals surface area contributed by atoms with Crippen molar-refractivity contribution in [1.29, 1.82) is 0 Å². The predicted molar refractivity (Wildman–Crippen MR) is 72.0 cm³/mol. The first-order valence-corrected chi connectivity index (χ1v) is 6.42. The van der Waals surface area contributed by atoms with Gasteiger partial charge in [-0.15, -0.1) is 0 Å². The van der Waals surface area contributed by atoms with Gasteiger partial charge in [-0.25, -0.2) is 4.79 Å². The maximum absolute atomic E-state index is 11.8. The summed E-state index contributed by atoms with van der Waals surface area (Å²) in [5.74, 6) is 0.227. The molecule has 0 N–H and O–H groups in total. The second kappa shape index (κ2) is 5.64. The highest BCUT2D eigenvalue weighted by Crippen LogP contribution is 2.14. The zero-order chi connectivity index (χ0) is 13.0. The summed E-state index contributed by atoms with van der Waals surface area (Å²) in [5.41, 5.74) is 2.82. The number of carbonyl (C=O) groups excluding carboxylic acids is 1. The molecule has 0 heterocycles. The maximum Gasteiger partial charge on any atom is 0.343 e. The van der Waals surface area contributed by atoms with Crippen molar-refractivity contribution in [2.45, 2.75) is 13.0 Å². The Labute approximate surface area is 110 Å². The standard InChI is InChI=1S/C15H13O2Si/c1-11-2-6-13(7-3-11)15(16)17-14-8-4-12(10-18)5-9-14/h2-9H,10H2,1H3. The number of hydrogen-bond acceptors (Lipinski definition) is 2. The van der Waals surface area contributed by atoms with Gasteiger partial charge in [-0.3, -0.25) is 0 Å². The second-order valence-corrected chi connectivity index (χ2v) is 4.43. The molecule has 0 fully saturated rings. The summed E-state index contributed by atoms with van der Waals surface area (Å²) in [6.07, 6.45) is 0. The van der Waals surface area contributed by atoms with Gasteiger partial charge in [0.15, 0.2) is 0 Å². The number of rotatable bonds is 3. The molecule has 18 heavy (non-hydrogen) atoms. The van der Waals surface area contributed by atoms with Gasteiger partial charge in [-0.05, 0) is 37.2 Å². The minimum absolute atomic E-state index is 0.332. The smallest absolute Gasteiger partial charge is 0.343 e. The normalized spacial score (nSPS) is 10.1. The van der Waals surface area contributed by atoms with E-state index in [2.05, 4.69) is 10.2 Å². The molecule has 2 nitrogen and oxygen atoms in total. The fourth-order valence-electron chi connectivity index (χ4n) is 1.53. The third kappa shape index (κ3) is 3.08. The first kappa shape index (κ1) is 12.6. The molecule has 2 rings (SSSR count). The maximum atomic E-state index is 11.8. The van der Waals surface area contributed by atoms with E-state index >= 15 is 0 Å². The van der Waals surface area contributed by atoms with Crippen LogP contribution in [0.25, 0.3) is 0 Å². The Bertz CT molecular complexity index is 529. The molecular formula is C15H13O2Si. The third-order valence-corrected chi connectivity index (χ3v) is 3.03. The molecule has 0 spiro atoms. The Morgan fingerprint density at radius 1 is 1.06 bits per heavy atom. The molecule has 3 radical (unpaired) electrons. The van der Waals surface area contributed by atoms with E-state index < -0.39 is 0 Å². The van der Waals surface area contributed by atoms with Crippen LogP contribution in [0.3, 0.4) is 0 Å². The van der Waals surface area contributed by atoms with Crippen LogP contribution in [0.2, 0.25) is 0 Å². The molecule has 0 atom stereocenters. The minimum atomic E-state index is -0.332. The Morgan fingerprint density at radius 2 is 1.67 bits per heavy atom. The van der Waals surface area contributed by atoms with Gasteiger partial charge in [0.05, 0.1) is 5.56 Å². The van der Waals surface area contributed by atoms with Crippen molar-refractivity contribution in [3.63, 3.8) is 0 Å².